The van der Waals surface area contributed by atoms with Gasteiger partial charge in [-0.05, 0) is 99.7 Å². The Bertz CT molecular complexity index is 1540. The number of aromatic nitrogens is 1. The van der Waals surface area contributed by atoms with Gasteiger partial charge in [-0.3, -0.25) is 9.59 Å². The maximum absolute atomic E-state index is 14.0. The number of carbonyl (C=O) groups is 1. The first-order chi connectivity index (χ1) is 20.6. The highest BCUT2D eigenvalue weighted by Crippen LogP contribution is 2.42. The molecule has 0 aliphatic heterocycles. The van der Waals surface area contributed by atoms with Crippen molar-refractivity contribution in [1.29, 1.82) is 0 Å². The highest BCUT2D eigenvalue weighted by Gasteiger charge is 2.28. The van der Waals surface area contributed by atoms with E-state index in [9.17, 15) is 24.2 Å². The lowest BCUT2D eigenvalue weighted by atomic mass is 9.89. The van der Waals surface area contributed by atoms with E-state index in [4.69, 9.17) is 9.47 Å². The molecule has 1 aliphatic rings. The summed E-state index contributed by atoms with van der Waals surface area (Å²) >= 11 is 0. The van der Waals surface area contributed by atoms with Crippen molar-refractivity contribution >= 4 is 5.91 Å². The van der Waals surface area contributed by atoms with Crippen LogP contribution in [0.1, 0.15) is 76.5 Å². The third-order valence-corrected chi connectivity index (χ3v) is 8.20. The summed E-state index contributed by atoms with van der Waals surface area (Å²) in [6.07, 6.45) is 4.60. The third-order valence-electron chi connectivity index (χ3n) is 8.20. The molecule has 44 heavy (non-hydrogen) atoms. The number of carbonyl (C=O) groups excluding carboxylic acids is 1. The molecule has 9 heteroatoms. The van der Waals surface area contributed by atoms with E-state index < -0.39 is 11.0 Å². The second-order valence-electron chi connectivity index (χ2n) is 13.4. The number of benzene rings is 2. The van der Waals surface area contributed by atoms with E-state index >= 15 is 0 Å². The van der Waals surface area contributed by atoms with Crippen LogP contribution in [0.15, 0.2) is 47.4 Å². The van der Waals surface area contributed by atoms with Gasteiger partial charge in [-0.15, -0.1) is 0 Å². The molecule has 4 rings (SSSR count). The zero-order valence-corrected chi connectivity index (χ0v) is 26.8. The summed E-state index contributed by atoms with van der Waals surface area (Å²) in [4.78, 5) is 25.3. The van der Waals surface area contributed by atoms with Gasteiger partial charge < -0.3 is 29.6 Å². The Kier molecular flexibility index (Phi) is 9.90. The van der Waals surface area contributed by atoms with Gasteiger partial charge in [-0.2, -0.15) is 0 Å². The van der Waals surface area contributed by atoms with Crippen molar-refractivity contribution in [2.24, 2.45) is 12.5 Å². The van der Waals surface area contributed by atoms with Crippen LogP contribution in [0.3, 0.4) is 0 Å². The molecule has 0 atom stereocenters. The molecule has 0 saturated heterocycles. The molecule has 2 aromatic carbocycles. The van der Waals surface area contributed by atoms with E-state index in [1.165, 1.54) is 22.8 Å². The fraction of sp³-hybridized carbons (Fsp3) is 0.486. The van der Waals surface area contributed by atoms with E-state index in [0.29, 0.717) is 57.9 Å². The van der Waals surface area contributed by atoms with Crippen LogP contribution in [0.4, 0.5) is 4.39 Å². The molecule has 3 N–H and O–H groups in total. The molecule has 3 aromatic rings. The van der Waals surface area contributed by atoms with Crippen LogP contribution in [0, 0.1) is 25.1 Å². The number of nitrogens with zero attached hydrogens (tertiary/aromatic N) is 1. The number of nitrogens with one attached hydrogen (secondary N) is 1. The molecule has 0 unspecified atom stereocenters. The Hall–Kier alpha value is -3.69. The lowest BCUT2D eigenvalue weighted by Crippen LogP contribution is -2.41. The van der Waals surface area contributed by atoms with Gasteiger partial charge in [-0.25, -0.2) is 4.39 Å². The number of ether oxygens (including phenoxy) is 2. The van der Waals surface area contributed by atoms with Crippen molar-refractivity contribution in [3.63, 3.8) is 0 Å². The molecule has 238 valence electrons. The molecule has 1 aromatic heterocycles. The number of aryl methyl sites for hydroxylation is 3. The number of rotatable bonds is 10. The zero-order valence-electron chi connectivity index (χ0n) is 26.8. The first-order valence-corrected chi connectivity index (χ1v) is 15.2. The SMILES string of the molecule is Cc1cc(F)cc(C)c1Oc1ccc(C(C)(C)O)cc1-c1cn(C)c(=O)cc1OC1CCC(NC(=O)CC(C)(C)CO)CC1. The van der Waals surface area contributed by atoms with Crippen LogP contribution >= 0.6 is 0 Å². The largest absolute Gasteiger partial charge is 0.490 e. The molecule has 1 fully saturated rings. The van der Waals surface area contributed by atoms with Crippen LogP contribution in [0.25, 0.3) is 11.1 Å². The lowest BCUT2D eigenvalue weighted by Gasteiger charge is -2.31. The maximum Gasteiger partial charge on any atom is 0.254 e. The van der Waals surface area contributed by atoms with Crippen LogP contribution in [-0.4, -0.2) is 39.4 Å². The Labute approximate surface area is 258 Å². The normalized spacial score (nSPS) is 17.3. The van der Waals surface area contributed by atoms with Gasteiger partial charge >= 0.3 is 0 Å². The number of pyridine rings is 1. The Morgan fingerprint density at radius 1 is 1.00 bits per heavy atom. The molecular weight excluding hydrogens is 563 g/mol. The molecule has 1 saturated carbocycles. The topological polar surface area (TPSA) is 110 Å². The smallest absolute Gasteiger partial charge is 0.254 e. The lowest BCUT2D eigenvalue weighted by molar-refractivity contribution is -0.124. The number of hydrogen-bond acceptors (Lipinski definition) is 6. The second-order valence-corrected chi connectivity index (χ2v) is 13.4. The number of halogens is 1. The van der Waals surface area contributed by atoms with Crippen LogP contribution in [0.2, 0.25) is 0 Å². The summed E-state index contributed by atoms with van der Waals surface area (Å²) in [5.41, 5.74) is 1.31. The van der Waals surface area contributed by atoms with Crippen LogP contribution < -0.4 is 20.3 Å². The van der Waals surface area contributed by atoms with Gasteiger partial charge in [0, 0.05) is 49.5 Å². The molecule has 1 amide bonds. The van der Waals surface area contributed by atoms with E-state index in [1.807, 2.05) is 19.9 Å². The Morgan fingerprint density at radius 2 is 1.64 bits per heavy atom. The van der Waals surface area contributed by atoms with E-state index in [-0.39, 0.29) is 42.5 Å². The monoisotopic (exact) mass is 608 g/mol. The second kappa shape index (κ2) is 13.1. The summed E-state index contributed by atoms with van der Waals surface area (Å²) in [6.45, 7) is 10.6. The third kappa shape index (κ3) is 8.07. The predicted molar refractivity (Wildman–Crippen MR) is 169 cm³/mol. The highest BCUT2D eigenvalue weighted by atomic mass is 19.1. The first kappa shape index (κ1) is 33.2. The van der Waals surface area contributed by atoms with Crippen molar-refractivity contribution in [3.8, 4) is 28.4 Å². The average Bonchev–Trinajstić information content (AvgIpc) is 2.93. The van der Waals surface area contributed by atoms with Crippen molar-refractivity contribution < 1.29 is 28.9 Å². The molecule has 8 nitrogen and oxygen atoms in total. The predicted octanol–water partition coefficient (Wildman–Crippen LogP) is 6.04. The minimum absolute atomic E-state index is 0.0191. The van der Waals surface area contributed by atoms with Gasteiger partial charge in [0.25, 0.3) is 5.56 Å². The molecule has 0 radical (unpaired) electrons. The van der Waals surface area contributed by atoms with Crippen molar-refractivity contribution in [2.75, 3.05) is 6.61 Å². The minimum atomic E-state index is -1.15. The van der Waals surface area contributed by atoms with Crippen molar-refractivity contribution in [2.45, 2.75) is 91.4 Å². The number of amides is 1. The average molecular weight is 609 g/mol. The molecular formula is C35H45FN2O6. The minimum Gasteiger partial charge on any atom is -0.490 e. The molecule has 1 aliphatic carbocycles. The van der Waals surface area contributed by atoms with E-state index in [0.717, 1.165) is 12.8 Å². The summed E-state index contributed by atoms with van der Waals surface area (Å²) in [6, 6.07) is 9.70. The van der Waals surface area contributed by atoms with E-state index in [1.54, 1.807) is 53.1 Å². The van der Waals surface area contributed by atoms with Gasteiger partial charge in [0.05, 0.1) is 11.7 Å². The van der Waals surface area contributed by atoms with E-state index in [2.05, 4.69) is 5.32 Å². The van der Waals surface area contributed by atoms with Crippen molar-refractivity contribution in [3.05, 3.63) is 75.5 Å². The maximum atomic E-state index is 14.0. The zero-order chi connectivity index (χ0) is 32.4. The molecule has 0 bridgehead atoms. The fourth-order valence-corrected chi connectivity index (χ4v) is 5.56. The summed E-state index contributed by atoms with van der Waals surface area (Å²) in [7, 11) is 1.66. The Morgan fingerprint density at radius 3 is 2.23 bits per heavy atom. The summed E-state index contributed by atoms with van der Waals surface area (Å²) in [5.74, 6) is 0.973. The van der Waals surface area contributed by atoms with Gasteiger partial charge in [-0.1, -0.05) is 19.9 Å². The number of aliphatic hydroxyl groups is 2. The van der Waals surface area contributed by atoms with Crippen molar-refractivity contribution in [1.82, 2.24) is 9.88 Å². The van der Waals surface area contributed by atoms with Crippen LogP contribution in [0.5, 0.6) is 17.2 Å². The Balaban J connectivity index is 1.64. The standard InChI is InChI=1S/C35H45FN2O6/c1-21-14-24(36)15-22(2)33(21)44-29-13-8-23(35(5,6)42)16-27(29)28-19-38(7)32(41)17-30(28)43-26-11-9-25(10-12-26)37-31(40)18-34(3,4)20-39/h8,13-17,19,25-26,39,42H,9-12,18,20H2,1-7H3,(H,37,40). The number of hydrogen-bond donors (Lipinski definition) is 3. The molecule has 0 spiro atoms. The van der Waals surface area contributed by atoms with Gasteiger partial charge in [0.15, 0.2) is 0 Å². The fourth-order valence-electron chi connectivity index (χ4n) is 5.56. The summed E-state index contributed by atoms with van der Waals surface area (Å²) < 4.78 is 28.4. The number of aliphatic hydroxyl groups excluding tert-OH is 1. The van der Waals surface area contributed by atoms with Gasteiger partial charge in [0.1, 0.15) is 23.1 Å². The molecule has 1 heterocycles. The highest BCUT2D eigenvalue weighted by molar-refractivity contribution is 5.77. The van der Waals surface area contributed by atoms with Gasteiger partial charge in [0.2, 0.25) is 5.91 Å². The quantitative estimate of drug-likeness (QED) is 0.259. The first-order valence-electron chi connectivity index (χ1n) is 15.2. The summed E-state index contributed by atoms with van der Waals surface area (Å²) in [5, 5.41) is 23.4. The van der Waals surface area contributed by atoms with Crippen LogP contribution in [-0.2, 0) is 17.4 Å².